The first-order chi connectivity index (χ1) is 11.0. The van der Waals surface area contributed by atoms with Gasteiger partial charge in [-0.2, -0.15) is 5.26 Å². The van der Waals surface area contributed by atoms with E-state index < -0.39 is 0 Å². The summed E-state index contributed by atoms with van der Waals surface area (Å²) < 4.78 is 19.7. The van der Waals surface area contributed by atoms with Gasteiger partial charge < -0.3 is 4.74 Å². The van der Waals surface area contributed by atoms with Gasteiger partial charge in [-0.25, -0.2) is 4.39 Å². The number of hydrogen-bond donors (Lipinski definition) is 0. The van der Waals surface area contributed by atoms with Gasteiger partial charge in [0.25, 0.3) is 0 Å². The van der Waals surface area contributed by atoms with E-state index in [1.807, 2.05) is 12.1 Å². The summed E-state index contributed by atoms with van der Waals surface area (Å²) >= 11 is 3.55. The Labute approximate surface area is 144 Å². The van der Waals surface area contributed by atoms with Gasteiger partial charge in [-0.3, -0.25) is 0 Å². The number of nitrogens with zero attached hydrogens (tertiary/aromatic N) is 1. The van der Waals surface area contributed by atoms with Crippen molar-refractivity contribution in [1.29, 1.82) is 5.26 Å². The molecule has 2 aromatic rings. The molecule has 0 aliphatic rings. The molecule has 2 nitrogen and oxygen atoms in total. The van der Waals surface area contributed by atoms with Gasteiger partial charge in [0, 0.05) is 11.6 Å². The van der Waals surface area contributed by atoms with E-state index in [1.54, 1.807) is 25.3 Å². The Morgan fingerprint density at radius 1 is 1.26 bits per heavy atom. The Balaban J connectivity index is 2.86. The fourth-order valence-electron chi connectivity index (χ4n) is 2.55. The molecule has 0 radical (unpaired) electrons. The molecule has 0 amide bonds. The maximum absolute atomic E-state index is 13.3. The molecular weight excluding hydrogens is 357 g/mol. The van der Waals surface area contributed by atoms with Gasteiger partial charge in [-0.05, 0) is 62.8 Å². The van der Waals surface area contributed by atoms with Crippen LogP contribution in [0.15, 0.2) is 40.9 Å². The van der Waals surface area contributed by atoms with Crippen LogP contribution < -0.4 is 4.74 Å². The molecule has 0 saturated carbocycles. The quantitative estimate of drug-likeness (QED) is 0.622. The van der Waals surface area contributed by atoms with Crippen molar-refractivity contribution in [1.82, 2.24) is 0 Å². The van der Waals surface area contributed by atoms with Gasteiger partial charge in [0.05, 0.1) is 17.7 Å². The highest BCUT2D eigenvalue weighted by molar-refractivity contribution is 9.10. The third-order valence-electron chi connectivity index (χ3n) is 3.59. The molecule has 0 atom stereocenters. The van der Waals surface area contributed by atoms with Crippen molar-refractivity contribution in [3.8, 4) is 22.9 Å². The zero-order valence-corrected chi connectivity index (χ0v) is 14.8. The number of allylic oxidation sites excluding steroid dienone is 1. The van der Waals surface area contributed by atoms with Gasteiger partial charge in [0.15, 0.2) is 0 Å². The highest BCUT2D eigenvalue weighted by atomic mass is 79.9. The second-order valence-corrected chi connectivity index (χ2v) is 6.25. The largest absolute Gasteiger partial charge is 0.495 e. The molecule has 0 aliphatic carbocycles. The molecule has 0 saturated heterocycles. The van der Waals surface area contributed by atoms with Crippen molar-refractivity contribution in [2.24, 2.45) is 0 Å². The Morgan fingerprint density at radius 3 is 2.43 bits per heavy atom. The van der Waals surface area contributed by atoms with E-state index in [-0.39, 0.29) is 11.7 Å². The molecule has 23 heavy (non-hydrogen) atoms. The molecule has 0 unspecified atom stereocenters. The van der Waals surface area contributed by atoms with Crippen LogP contribution in [0.2, 0.25) is 0 Å². The molecular formula is C19H17BrFNO. The zero-order valence-electron chi connectivity index (χ0n) is 13.2. The molecule has 0 N–H and O–H groups in total. The van der Waals surface area contributed by atoms with E-state index in [2.05, 4.69) is 29.8 Å². The van der Waals surface area contributed by atoms with Crippen LogP contribution in [0.3, 0.4) is 0 Å². The first kappa shape index (κ1) is 17.2. The topological polar surface area (TPSA) is 33.0 Å². The normalized spacial score (nSPS) is 11.0. The first-order valence-electron chi connectivity index (χ1n) is 7.22. The molecule has 0 aromatic heterocycles. The molecule has 0 fully saturated rings. The summed E-state index contributed by atoms with van der Waals surface area (Å²) in [6.45, 7) is 4.18. The predicted molar refractivity (Wildman–Crippen MR) is 94.8 cm³/mol. The summed E-state index contributed by atoms with van der Waals surface area (Å²) in [4.78, 5) is 0. The number of halogens is 2. The van der Waals surface area contributed by atoms with Crippen LogP contribution in [-0.4, -0.2) is 7.11 Å². The van der Waals surface area contributed by atoms with Crippen molar-refractivity contribution in [3.63, 3.8) is 0 Å². The number of benzene rings is 2. The van der Waals surface area contributed by atoms with Gasteiger partial charge in [-0.1, -0.05) is 26.0 Å². The minimum absolute atomic E-state index is 0.259. The third kappa shape index (κ3) is 3.62. The van der Waals surface area contributed by atoms with E-state index in [0.29, 0.717) is 5.75 Å². The fourth-order valence-corrected chi connectivity index (χ4v) is 3.15. The average molecular weight is 374 g/mol. The highest BCUT2D eigenvalue weighted by Crippen LogP contribution is 2.43. The molecule has 2 rings (SSSR count). The van der Waals surface area contributed by atoms with Crippen molar-refractivity contribution in [2.45, 2.75) is 19.8 Å². The highest BCUT2D eigenvalue weighted by Gasteiger charge is 2.19. The molecule has 0 spiro atoms. The maximum Gasteiger partial charge on any atom is 0.141 e. The van der Waals surface area contributed by atoms with Crippen LogP contribution in [0.1, 0.15) is 30.9 Å². The lowest BCUT2D eigenvalue weighted by Crippen LogP contribution is -2.00. The Morgan fingerprint density at radius 2 is 1.91 bits per heavy atom. The predicted octanol–water partition coefficient (Wildman–Crippen LogP) is 5.92. The van der Waals surface area contributed by atoms with Crippen LogP contribution in [0, 0.1) is 17.1 Å². The smallest absolute Gasteiger partial charge is 0.141 e. The van der Waals surface area contributed by atoms with Crippen molar-refractivity contribution in [2.75, 3.05) is 7.11 Å². The van der Waals surface area contributed by atoms with Gasteiger partial charge in [0.1, 0.15) is 11.6 Å². The van der Waals surface area contributed by atoms with Crippen LogP contribution in [0.5, 0.6) is 5.75 Å². The molecule has 0 bridgehead atoms. The van der Waals surface area contributed by atoms with E-state index in [1.165, 1.54) is 18.2 Å². The SMILES string of the molecule is COc1c(Br)cc(C(C)C)c(C=CC#N)c1-c1ccc(F)cc1. The number of rotatable bonds is 4. The van der Waals surface area contributed by atoms with Crippen molar-refractivity contribution in [3.05, 3.63) is 57.8 Å². The molecule has 4 heteroatoms. The van der Waals surface area contributed by atoms with E-state index >= 15 is 0 Å². The maximum atomic E-state index is 13.3. The number of hydrogen-bond acceptors (Lipinski definition) is 2. The van der Waals surface area contributed by atoms with Crippen molar-refractivity contribution >= 4 is 22.0 Å². The molecule has 0 aliphatic heterocycles. The summed E-state index contributed by atoms with van der Waals surface area (Å²) in [5.41, 5.74) is 3.68. The Hall–Kier alpha value is -2.12. The summed E-state index contributed by atoms with van der Waals surface area (Å²) in [6, 6.07) is 10.3. The van der Waals surface area contributed by atoms with E-state index in [0.717, 1.165) is 26.7 Å². The van der Waals surface area contributed by atoms with Gasteiger partial charge in [0.2, 0.25) is 0 Å². The third-order valence-corrected chi connectivity index (χ3v) is 4.18. The molecule has 118 valence electrons. The Bertz CT molecular complexity index is 773. The minimum atomic E-state index is -0.291. The number of ether oxygens (including phenoxy) is 1. The lowest BCUT2D eigenvalue weighted by molar-refractivity contribution is 0.413. The van der Waals surface area contributed by atoms with Crippen LogP contribution in [0.25, 0.3) is 17.2 Å². The number of methoxy groups -OCH3 is 1. The monoisotopic (exact) mass is 373 g/mol. The second-order valence-electron chi connectivity index (χ2n) is 5.39. The minimum Gasteiger partial charge on any atom is -0.495 e. The van der Waals surface area contributed by atoms with Crippen LogP contribution in [0.4, 0.5) is 4.39 Å². The van der Waals surface area contributed by atoms with Crippen LogP contribution in [-0.2, 0) is 0 Å². The zero-order chi connectivity index (χ0) is 17.0. The average Bonchev–Trinajstić information content (AvgIpc) is 2.53. The van der Waals surface area contributed by atoms with Crippen molar-refractivity contribution < 1.29 is 9.13 Å². The summed E-state index contributed by atoms with van der Waals surface area (Å²) in [6.07, 6.45) is 3.23. The number of nitriles is 1. The second kappa shape index (κ2) is 7.43. The molecule has 0 heterocycles. The summed E-state index contributed by atoms with van der Waals surface area (Å²) in [5.74, 6) is 0.634. The summed E-state index contributed by atoms with van der Waals surface area (Å²) in [5, 5.41) is 8.91. The summed E-state index contributed by atoms with van der Waals surface area (Å²) in [7, 11) is 1.60. The van der Waals surface area contributed by atoms with Crippen LogP contribution >= 0.6 is 15.9 Å². The molecule has 2 aromatic carbocycles. The lowest BCUT2D eigenvalue weighted by atomic mass is 9.89. The Kier molecular flexibility index (Phi) is 5.57. The van der Waals surface area contributed by atoms with Gasteiger partial charge in [-0.15, -0.1) is 0 Å². The lowest BCUT2D eigenvalue weighted by Gasteiger charge is -2.20. The first-order valence-corrected chi connectivity index (χ1v) is 8.01. The fraction of sp³-hybridized carbons (Fsp3) is 0.211. The standard InChI is InChI=1S/C19H17BrFNO/c1-12(2)16-11-17(20)19(23-3)18(15(16)5-4-10-22)13-6-8-14(21)9-7-13/h4-9,11-12H,1-3H3. The van der Waals surface area contributed by atoms with Gasteiger partial charge >= 0.3 is 0 Å². The van der Waals surface area contributed by atoms with E-state index in [4.69, 9.17) is 10.00 Å². The van der Waals surface area contributed by atoms with E-state index in [9.17, 15) is 4.39 Å².